The number of benzene rings is 2. The molecule has 2 heteroatoms. The van der Waals surface area contributed by atoms with E-state index in [9.17, 15) is 0 Å². The Bertz CT molecular complexity index is 775. The van der Waals surface area contributed by atoms with E-state index in [0.717, 1.165) is 6.54 Å². The minimum atomic E-state index is 1.07. The van der Waals surface area contributed by atoms with E-state index in [0.29, 0.717) is 0 Å². The molecule has 1 aromatic heterocycles. The lowest BCUT2D eigenvalue weighted by molar-refractivity contribution is -0.685. The third-order valence-corrected chi connectivity index (χ3v) is 5.25. The maximum absolute atomic E-state index is 3.53. The van der Waals surface area contributed by atoms with Crippen molar-refractivity contribution in [1.82, 2.24) is 4.98 Å². The highest BCUT2D eigenvalue weighted by atomic mass is 15.1. The van der Waals surface area contributed by atoms with Gasteiger partial charge >= 0.3 is 0 Å². The Balaban J connectivity index is 1.66. The minimum absolute atomic E-state index is 1.07. The van der Waals surface area contributed by atoms with Gasteiger partial charge in [0.15, 0.2) is 11.4 Å². The first-order valence-corrected chi connectivity index (χ1v) is 10.6. The number of aryl methyl sites for hydroxylation is 1. The second-order valence-electron chi connectivity index (χ2n) is 7.40. The normalized spacial score (nSPS) is 11.0. The molecular weight excluding hydrogens is 328 g/mol. The quantitative estimate of drug-likeness (QED) is 0.287. The maximum Gasteiger partial charge on any atom is 0.242 e. The summed E-state index contributed by atoms with van der Waals surface area (Å²) in [6, 6.07) is 21.4. The Morgan fingerprint density at radius 2 is 1.22 bits per heavy atom. The Morgan fingerprint density at radius 1 is 0.667 bits per heavy atom. The molecule has 0 aliphatic carbocycles. The Kier molecular flexibility index (Phi) is 7.70. The molecule has 27 heavy (non-hydrogen) atoms. The summed E-state index contributed by atoms with van der Waals surface area (Å²) >= 11 is 0. The van der Waals surface area contributed by atoms with E-state index in [1.54, 1.807) is 0 Å². The van der Waals surface area contributed by atoms with Gasteiger partial charge in [0.1, 0.15) is 0 Å². The molecule has 0 spiro atoms. The molecule has 0 unspecified atom stereocenters. The topological polar surface area (TPSA) is 19.7 Å². The zero-order valence-corrected chi connectivity index (χ0v) is 16.7. The molecule has 2 aromatic carbocycles. The fraction of sp³-hybridized carbons (Fsp3) is 0.400. The number of unbranched alkanes of at least 4 members (excludes halogenated alkanes) is 7. The highest BCUT2D eigenvalue weighted by Gasteiger charge is 2.20. The van der Waals surface area contributed by atoms with Crippen molar-refractivity contribution >= 4 is 0 Å². The molecule has 2 nitrogen and oxygen atoms in total. The number of nitrogens with one attached hydrogen (secondary N) is 1. The van der Waals surface area contributed by atoms with Gasteiger partial charge in [-0.15, -0.1) is 0 Å². The Morgan fingerprint density at radius 3 is 1.85 bits per heavy atom. The predicted octanol–water partition coefficient (Wildman–Crippen LogP) is 6.78. The lowest BCUT2D eigenvalue weighted by Gasteiger charge is -2.05. The summed E-state index contributed by atoms with van der Waals surface area (Å²) in [7, 11) is 0. The van der Waals surface area contributed by atoms with Crippen LogP contribution in [0.4, 0.5) is 0 Å². The molecule has 0 atom stereocenters. The number of hydrogen-bond donors (Lipinski definition) is 1. The summed E-state index contributed by atoms with van der Waals surface area (Å²) in [4.78, 5) is 3.53. The summed E-state index contributed by atoms with van der Waals surface area (Å²) in [5.74, 6) is 0. The standard InChI is InChI=1S/C25H32N2/c1-2-3-4-5-6-7-8-15-20-27-21-26-24(22-16-11-9-12-17-22)25(27)23-18-13-10-14-19-23/h9-14,16-19,21H,2-8,15,20H2,1H3/p+1. The first kappa shape index (κ1) is 19.4. The third kappa shape index (κ3) is 5.56. The van der Waals surface area contributed by atoms with Crippen LogP contribution >= 0.6 is 0 Å². The molecule has 0 fully saturated rings. The van der Waals surface area contributed by atoms with E-state index in [2.05, 4.69) is 83.5 Å². The number of H-pyrrole nitrogens is 1. The van der Waals surface area contributed by atoms with Crippen molar-refractivity contribution in [3.8, 4) is 22.5 Å². The van der Waals surface area contributed by atoms with Crippen molar-refractivity contribution in [2.45, 2.75) is 64.8 Å². The van der Waals surface area contributed by atoms with Crippen LogP contribution in [-0.4, -0.2) is 4.98 Å². The fourth-order valence-corrected chi connectivity index (χ4v) is 3.74. The highest BCUT2D eigenvalue weighted by molar-refractivity contribution is 5.75. The number of hydrogen-bond acceptors (Lipinski definition) is 0. The van der Waals surface area contributed by atoms with Crippen molar-refractivity contribution in [2.75, 3.05) is 0 Å². The zero-order chi connectivity index (χ0) is 18.7. The van der Waals surface area contributed by atoms with Gasteiger partial charge in [0.25, 0.3) is 0 Å². The SMILES string of the molecule is CCCCCCCCCC[n+]1c[nH]c(-c2ccccc2)c1-c1ccccc1. The smallest absolute Gasteiger partial charge is 0.242 e. The maximum atomic E-state index is 3.53. The van der Waals surface area contributed by atoms with E-state index in [1.165, 1.54) is 73.9 Å². The lowest BCUT2D eigenvalue weighted by atomic mass is 10.0. The number of aromatic amines is 1. The van der Waals surface area contributed by atoms with E-state index >= 15 is 0 Å². The fourth-order valence-electron chi connectivity index (χ4n) is 3.74. The summed E-state index contributed by atoms with van der Waals surface area (Å²) in [5, 5.41) is 0. The molecule has 1 heterocycles. The van der Waals surface area contributed by atoms with E-state index in [4.69, 9.17) is 0 Å². The molecule has 142 valence electrons. The predicted molar refractivity (Wildman–Crippen MR) is 114 cm³/mol. The Labute approximate surface area is 164 Å². The minimum Gasteiger partial charge on any atom is -0.243 e. The largest absolute Gasteiger partial charge is 0.243 e. The summed E-state index contributed by atoms with van der Waals surface area (Å²) in [6.45, 7) is 3.35. The highest BCUT2D eigenvalue weighted by Crippen LogP contribution is 2.27. The van der Waals surface area contributed by atoms with Crippen LogP contribution in [0.25, 0.3) is 22.5 Å². The van der Waals surface area contributed by atoms with Gasteiger partial charge in [-0.25, -0.2) is 9.55 Å². The number of rotatable bonds is 11. The molecule has 0 bridgehead atoms. The van der Waals surface area contributed by atoms with Gasteiger partial charge in [0.05, 0.1) is 6.54 Å². The van der Waals surface area contributed by atoms with Crippen LogP contribution in [0.3, 0.4) is 0 Å². The summed E-state index contributed by atoms with van der Waals surface area (Å²) < 4.78 is 2.40. The van der Waals surface area contributed by atoms with E-state index in [1.807, 2.05) is 0 Å². The van der Waals surface area contributed by atoms with Crippen LogP contribution < -0.4 is 4.57 Å². The van der Waals surface area contributed by atoms with Crippen LogP contribution in [0.5, 0.6) is 0 Å². The van der Waals surface area contributed by atoms with Crippen molar-refractivity contribution in [1.29, 1.82) is 0 Å². The number of imidazole rings is 1. The molecule has 0 aliphatic rings. The van der Waals surface area contributed by atoms with Crippen LogP contribution in [-0.2, 0) is 6.54 Å². The van der Waals surface area contributed by atoms with E-state index in [-0.39, 0.29) is 0 Å². The first-order valence-electron chi connectivity index (χ1n) is 10.6. The second-order valence-corrected chi connectivity index (χ2v) is 7.40. The van der Waals surface area contributed by atoms with Gasteiger partial charge in [0.2, 0.25) is 6.33 Å². The van der Waals surface area contributed by atoms with E-state index < -0.39 is 0 Å². The molecular formula is C25H33N2+. The Hall–Kier alpha value is -2.35. The molecule has 0 aliphatic heterocycles. The summed E-state index contributed by atoms with van der Waals surface area (Å²) in [6.07, 6.45) is 13.0. The van der Waals surface area contributed by atoms with Crippen molar-refractivity contribution in [3.63, 3.8) is 0 Å². The molecule has 0 amide bonds. The van der Waals surface area contributed by atoms with Gasteiger partial charge in [-0.3, -0.25) is 0 Å². The molecule has 1 N–H and O–H groups in total. The molecule has 3 aromatic rings. The van der Waals surface area contributed by atoms with Crippen LogP contribution in [0, 0.1) is 0 Å². The van der Waals surface area contributed by atoms with Crippen molar-refractivity contribution < 1.29 is 4.57 Å². The van der Waals surface area contributed by atoms with Gasteiger partial charge in [-0.05, 0) is 12.8 Å². The van der Waals surface area contributed by atoms with Gasteiger partial charge in [-0.2, -0.15) is 0 Å². The number of aromatic nitrogens is 2. The lowest BCUT2D eigenvalue weighted by Crippen LogP contribution is -2.33. The van der Waals surface area contributed by atoms with Gasteiger partial charge < -0.3 is 0 Å². The molecule has 0 saturated heterocycles. The zero-order valence-electron chi connectivity index (χ0n) is 16.7. The molecule has 3 rings (SSSR count). The second kappa shape index (κ2) is 10.7. The third-order valence-electron chi connectivity index (χ3n) is 5.25. The first-order chi connectivity index (χ1) is 13.4. The average molecular weight is 362 g/mol. The van der Waals surface area contributed by atoms with Crippen molar-refractivity contribution in [2.24, 2.45) is 0 Å². The number of nitrogens with zero attached hydrogens (tertiary/aromatic N) is 1. The monoisotopic (exact) mass is 361 g/mol. The molecule has 0 saturated carbocycles. The van der Waals surface area contributed by atoms with Gasteiger partial charge in [0, 0.05) is 11.1 Å². The van der Waals surface area contributed by atoms with Crippen LogP contribution in [0.1, 0.15) is 58.3 Å². The van der Waals surface area contributed by atoms with Crippen LogP contribution in [0.2, 0.25) is 0 Å². The molecule has 0 radical (unpaired) electrons. The van der Waals surface area contributed by atoms with Crippen molar-refractivity contribution in [3.05, 3.63) is 67.0 Å². The van der Waals surface area contributed by atoms with Crippen LogP contribution in [0.15, 0.2) is 67.0 Å². The average Bonchev–Trinajstić information content (AvgIpc) is 3.15. The van der Waals surface area contributed by atoms with Gasteiger partial charge in [-0.1, -0.05) is 106 Å². The summed E-state index contributed by atoms with van der Waals surface area (Å²) in [5.41, 5.74) is 5.02.